The molecule has 0 bridgehead atoms. The predicted octanol–water partition coefficient (Wildman–Crippen LogP) is 5.74. The standard InChI is InChI=1S/C23H23BrN2O/c1-14(2)11-15-3-5-16(6-4-15)18-12-20(17-7-9-19(24)10-8-17)22-21(13-18)25-26-23(22)27/h3-10,13-14,20H,11-12H2,1-2H3,(H2,25,26,27). The van der Waals surface area contributed by atoms with Gasteiger partial charge in [0.15, 0.2) is 0 Å². The van der Waals surface area contributed by atoms with E-state index >= 15 is 0 Å². The van der Waals surface area contributed by atoms with Crippen LogP contribution in [0.3, 0.4) is 0 Å². The van der Waals surface area contributed by atoms with Gasteiger partial charge in [-0.15, -0.1) is 0 Å². The first-order chi connectivity index (χ1) is 13.0. The van der Waals surface area contributed by atoms with E-state index in [2.05, 4.69) is 82.4 Å². The van der Waals surface area contributed by atoms with Crippen molar-refractivity contribution in [3.05, 3.63) is 91.3 Å². The molecule has 4 rings (SSSR count). The summed E-state index contributed by atoms with van der Waals surface area (Å²) in [6.45, 7) is 4.48. The summed E-state index contributed by atoms with van der Waals surface area (Å²) in [6.07, 6.45) is 4.02. The first-order valence-corrected chi connectivity index (χ1v) is 10.2. The number of rotatable bonds is 4. The molecule has 138 valence electrons. The summed E-state index contributed by atoms with van der Waals surface area (Å²) in [7, 11) is 0. The Hall–Kier alpha value is -2.33. The third-order valence-corrected chi connectivity index (χ3v) is 5.71. The molecule has 0 radical (unpaired) electrons. The highest BCUT2D eigenvalue weighted by molar-refractivity contribution is 9.10. The highest BCUT2D eigenvalue weighted by atomic mass is 79.9. The smallest absolute Gasteiger partial charge is 0.268 e. The summed E-state index contributed by atoms with van der Waals surface area (Å²) < 4.78 is 1.04. The van der Waals surface area contributed by atoms with Crippen molar-refractivity contribution in [2.75, 3.05) is 0 Å². The van der Waals surface area contributed by atoms with Gasteiger partial charge in [0.2, 0.25) is 0 Å². The molecule has 0 saturated heterocycles. The van der Waals surface area contributed by atoms with Crippen LogP contribution in [0, 0.1) is 5.92 Å². The SMILES string of the molecule is CC(C)Cc1ccc(C2=Cc3[nH][nH]c(=O)c3C(c3ccc(Br)cc3)C2)cc1. The molecule has 27 heavy (non-hydrogen) atoms. The van der Waals surface area contributed by atoms with Crippen molar-refractivity contribution in [3.8, 4) is 0 Å². The summed E-state index contributed by atoms with van der Waals surface area (Å²) in [5, 5.41) is 5.81. The zero-order valence-corrected chi connectivity index (χ0v) is 17.1. The lowest BCUT2D eigenvalue weighted by atomic mass is 9.80. The van der Waals surface area contributed by atoms with E-state index in [-0.39, 0.29) is 11.5 Å². The normalized spacial score (nSPS) is 16.3. The Morgan fingerprint density at radius 3 is 2.41 bits per heavy atom. The average Bonchev–Trinajstić information content (AvgIpc) is 3.03. The fourth-order valence-electron chi connectivity index (χ4n) is 3.90. The topological polar surface area (TPSA) is 48.6 Å². The van der Waals surface area contributed by atoms with Crippen molar-refractivity contribution in [3.63, 3.8) is 0 Å². The predicted molar refractivity (Wildman–Crippen MR) is 115 cm³/mol. The van der Waals surface area contributed by atoms with Crippen LogP contribution in [-0.4, -0.2) is 10.2 Å². The Balaban J connectivity index is 1.72. The lowest BCUT2D eigenvalue weighted by Crippen LogP contribution is -2.16. The Morgan fingerprint density at radius 1 is 1.04 bits per heavy atom. The fraction of sp³-hybridized carbons (Fsp3) is 0.261. The number of hydrogen-bond acceptors (Lipinski definition) is 1. The van der Waals surface area contributed by atoms with Crippen molar-refractivity contribution in [2.45, 2.75) is 32.6 Å². The number of allylic oxidation sites excluding steroid dienone is 1. The largest absolute Gasteiger partial charge is 0.298 e. The molecule has 1 aliphatic carbocycles. The molecule has 0 aliphatic heterocycles. The second kappa shape index (κ2) is 7.35. The van der Waals surface area contributed by atoms with E-state index in [9.17, 15) is 4.79 Å². The Morgan fingerprint density at radius 2 is 1.74 bits per heavy atom. The highest BCUT2D eigenvalue weighted by Gasteiger charge is 2.27. The number of aromatic nitrogens is 2. The van der Waals surface area contributed by atoms with Crippen LogP contribution in [0.4, 0.5) is 0 Å². The molecule has 1 atom stereocenters. The number of hydrogen-bond donors (Lipinski definition) is 2. The van der Waals surface area contributed by atoms with Crippen LogP contribution in [0.2, 0.25) is 0 Å². The number of nitrogens with one attached hydrogen (secondary N) is 2. The van der Waals surface area contributed by atoms with Crippen LogP contribution in [0.15, 0.2) is 57.8 Å². The number of halogens is 1. The molecule has 3 aromatic rings. The minimum Gasteiger partial charge on any atom is -0.298 e. The van der Waals surface area contributed by atoms with Crippen molar-refractivity contribution in [1.82, 2.24) is 10.2 Å². The van der Waals surface area contributed by atoms with Crippen molar-refractivity contribution >= 4 is 27.6 Å². The van der Waals surface area contributed by atoms with E-state index in [1.165, 1.54) is 16.7 Å². The third kappa shape index (κ3) is 3.72. The van der Waals surface area contributed by atoms with Crippen LogP contribution in [0.5, 0.6) is 0 Å². The summed E-state index contributed by atoms with van der Waals surface area (Å²) in [6, 6.07) is 17.1. The second-order valence-corrected chi connectivity index (χ2v) is 8.59. The molecule has 4 heteroatoms. The van der Waals surface area contributed by atoms with Crippen molar-refractivity contribution in [1.29, 1.82) is 0 Å². The monoisotopic (exact) mass is 422 g/mol. The van der Waals surface area contributed by atoms with E-state index in [1.807, 2.05) is 12.1 Å². The van der Waals surface area contributed by atoms with Crippen LogP contribution in [0.25, 0.3) is 11.6 Å². The van der Waals surface area contributed by atoms with Gasteiger partial charge >= 0.3 is 0 Å². The second-order valence-electron chi connectivity index (χ2n) is 7.68. The summed E-state index contributed by atoms with van der Waals surface area (Å²) >= 11 is 3.49. The van der Waals surface area contributed by atoms with Crippen LogP contribution in [-0.2, 0) is 6.42 Å². The third-order valence-electron chi connectivity index (χ3n) is 5.18. The molecular formula is C23H23BrN2O. The minimum absolute atomic E-state index is 0.0273. The molecule has 2 N–H and O–H groups in total. The number of H-pyrrole nitrogens is 2. The van der Waals surface area contributed by atoms with Gasteiger partial charge in [-0.1, -0.05) is 66.2 Å². The molecule has 0 amide bonds. The maximum Gasteiger partial charge on any atom is 0.268 e. The first kappa shape index (κ1) is 18.1. The zero-order valence-electron chi connectivity index (χ0n) is 15.6. The van der Waals surface area contributed by atoms with E-state index in [0.717, 1.165) is 34.1 Å². The van der Waals surface area contributed by atoms with Gasteiger partial charge in [0.25, 0.3) is 5.56 Å². The maximum atomic E-state index is 12.4. The van der Waals surface area contributed by atoms with Gasteiger partial charge in [-0.25, -0.2) is 0 Å². The van der Waals surface area contributed by atoms with Gasteiger partial charge in [0.1, 0.15) is 0 Å². The lowest BCUT2D eigenvalue weighted by molar-refractivity contribution is 0.647. The van der Waals surface area contributed by atoms with Gasteiger partial charge < -0.3 is 0 Å². The van der Waals surface area contributed by atoms with Gasteiger partial charge in [-0.2, -0.15) is 0 Å². The summed E-state index contributed by atoms with van der Waals surface area (Å²) in [4.78, 5) is 12.4. The molecule has 0 fully saturated rings. The molecule has 2 aromatic carbocycles. The van der Waals surface area contributed by atoms with Crippen LogP contribution >= 0.6 is 15.9 Å². The van der Waals surface area contributed by atoms with Gasteiger partial charge in [0.05, 0.1) is 11.3 Å². The summed E-state index contributed by atoms with van der Waals surface area (Å²) in [5.41, 5.74) is 6.69. The van der Waals surface area contributed by atoms with E-state index in [4.69, 9.17) is 0 Å². The Labute approximate surface area is 167 Å². The van der Waals surface area contributed by atoms with Gasteiger partial charge in [0, 0.05) is 10.4 Å². The minimum atomic E-state index is -0.0273. The van der Waals surface area contributed by atoms with Crippen LogP contribution < -0.4 is 5.56 Å². The molecule has 1 aromatic heterocycles. The van der Waals surface area contributed by atoms with E-state index in [1.54, 1.807) is 0 Å². The fourth-order valence-corrected chi connectivity index (χ4v) is 4.17. The van der Waals surface area contributed by atoms with E-state index < -0.39 is 0 Å². The molecule has 0 spiro atoms. The molecule has 0 saturated carbocycles. The van der Waals surface area contributed by atoms with Gasteiger partial charge in [-0.05, 0) is 59.2 Å². The lowest BCUT2D eigenvalue weighted by Gasteiger charge is -2.23. The first-order valence-electron chi connectivity index (χ1n) is 9.37. The Bertz CT molecular complexity index is 1020. The molecule has 1 unspecified atom stereocenters. The maximum absolute atomic E-state index is 12.4. The molecule has 1 aliphatic rings. The number of benzene rings is 2. The quantitative estimate of drug-likeness (QED) is 0.552. The zero-order chi connectivity index (χ0) is 19.0. The van der Waals surface area contributed by atoms with Crippen LogP contribution in [0.1, 0.15) is 54.1 Å². The van der Waals surface area contributed by atoms with Crippen molar-refractivity contribution < 1.29 is 0 Å². The van der Waals surface area contributed by atoms with Crippen molar-refractivity contribution in [2.24, 2.45) is 5.92 Å². The highest BCUT2D eigenvalue weighted by Crippen LogP contribution is 2.40. The molecular weight excluding hydrogens is 400 g/mol. The van der Waals surface area contributed by atoms with Gasteiger partial charge in [-0.3, -0.25) is 15.0 Å². The van der Waals surface area contributed by atoms with E-state index in [0.29, 0.717) is 5.92 Å². The molecule has 1 heterocycles. The summed E-state index contributed by atoms with van der Waals surface area (Å²) in [5.74, 6) is 0.706. The Kier molecular flexibility index (Phi) is 4.92. The number of aromatic amines is 2. The molecule has 3 nitrogen and oxygen atoms in total. The number of fused-ring (bicyclic) bond motifs is 1. The average molecular weight is 423 g/mol.